The number of amides is 3. The van der Waals surface area contributed by atoms with E-state index in [1.807, 2.05) is 0 Å². The van der Waals surface area contributed by atoms with E-state index in [0.29, 0.717) is 0 Å². The Hall–Kier alpha value is -3.77. The highest BCUT2D eigenvalue weighted by molar-refractivity contribution is 7.92. The second kappa shape index (κ2) is 11.5. The molecule has 1 fully saturated rings. The van der Waals surface area contributed by atoms with Gasteiger partial charge in [-0.15, -0.1) is 11.3 Å². The minimum atomic E-state index is -4.26. The van der Waals surface area contributed by atoms with Crippen LogP contribution >= 0.6 is 11.3 Å². The van der Waals surface area contributed by atoms with Gasteiger partial charge in [0, 0.05) is 26.2 Å². The number of carbonyl (C=O) groups excluding carboxylic acids is 3. The third kappa shape index (κ3) is 6.15. The molecule has 12 heteroatoms. The molecule has 1 aliphatic rings. The van der Waals surface area contributed by atoms with Gasteiger partial charge in [-0.25, -0.2) is 12.8 Å². The smallest absolute Gasteiger partial charge is 0.262 e. The predicted octanol–water partition coefficient (Wildman–Crippen LogP) is 2.17. The molecule has 1 saturated heterocycles. The lowest BCUT2D eigenvalue weighted by atomic mass is 10.3. The Labute approximate surface area is 217 Å². The van der Waals surface area contributed by atoms with Gasteiger partial charge in [-0.05, 0) is 35.7 Å². The Bertz CT molecular complexity index is 1360. The van der Waals surface area contributed by atoms with Crippen molar-refractivity contribution in [1.29, 1.82) is 0 Å². The van der Waals surface area contributed by atoms with Gasteiger partial charge >= 0.3 is 0 Å². The van der Waals surface area contributed by atoms with Crippen LogP contribution < -0.4 is 10.1 Å². The zero-order valence-electron chi connectivity index (χ0n) is 19.6. The van der Waals surface area contributed by atoms with E-state index in [4.69, 9.17) is 4.74 Å². The van der Waals surface area contributed by atoms with E-state index in [0.717, 1.165) is 11.3 Å². The SMILES string of the molecule is O=C(NC(C(=O)N1CCN(C(=O)COc2ccccc2F)CC1)S(=O)(=O)c1ccccc1)c1cccs1. The van der Waals surface area contributed by atoms with Crippen molar-refractivity contribution in [2.24, 2.45) is 0 Å². The Balaban J connectivity index is 1.43. The minimum Gasteiger partial charge on any atom is -0.481 e. The first-order valence-corrected chi connectivity index (χ1v) is 13.8. The van der Waals surface area contributed by atoms with Gasteiger partial charge in [0.25, 0.3) is 17.7 Å². The third-order valence-corrected chi connectivity index (χ3v) is 8.48. The molecule has 1 N–H and O–H groups in total. The molecule has 4 rings (SSSR count). The molecule has 1 aromatic heterocycles. The molecule has 37 heavy (non-hydrogen) atoms. The molecule has 0 radical (unpaired) electrons. The highest BCUT2D eigenvalue weighted by Crippen LogP contribution is 2.19. The van der Waals surface area contributed by atoms with Crippen LogP contribution in [0.15, 0.2) is 77.0 Å². The van der Waals surface area contributed by atoms with Crippen LogP contribution in [0.2, 0.25) is 0 Å². The third-order valence-electron chi connectivity index (χ3n) is 5.75. The number of para-hydroxylation sites is 1. The van der Waals surface area contributed by atoms with Crippen molar-refractivity contribution in [3.8, 4) is 5.75 Å². The number of rotatable bonds is 8. The summed E-state index contributed by atoms with van der Waals surface area (Å²) in [5, 5.41) is 2.22. The van der Waals surface area contributed by atoms with Gasteiger partial charge in [-0.1, -0.05) is 36.4 Å². The van der Waals surface area contributed by atoms with Gasteiger partial charge in [0.2, 0.25) is 15.2 Å². The number of piperazine rings is 1. The fraction of sp³-hybridized carbons (Fsp3) is 0.240. The van der Waals surface area contributed by atoms with Gasteiger partial charge in [-0.3, -0.25) is 14.4 Å². The maximum atomic E-state index is 13.7. The molecule has 1 aliphatic heterocycles. The van der Waals surface area contributed by atoms with Crippen molar-refractivity contribution in [3.05, 3.63) is 82.8 Å². The summed E-state index contributed by atoms with van der Waals surface area (Å²) in [5.74, 6) is -2.48. The van der Waals surface area contributed by atoms with Crippen LogP contribution in [0.1, 0.15) is 9.67 Å². The van der Waals surface area contributed by atoms with Crippen LogP contribution in [0.4, 0.5) is 4.39 Å². The molecular formula is C25H24FN3O6S2. The number of hydrogen-bond donors (Lipinski definition) is 1. The topological polar surface area (TPSA) is 113 Å². The Kier molecular flexibility index (Phi) is 8.19. The first-order valence-electron chi connectivity index (χ1n) is 11.3. The van der Waals surface area contributed by atoms with Crippen LogP contribution in [0.3, 0.4) is 0 Å². The van der Waals surface area contributed by atoms with E-state index < -0.39 is 38.7 Å². The van der Waals surface area contributed by atoms with E-state index in [9.17, 15) is 27.2 Å². The fourth-order valence-electron chi connectivity index (χ4n) is 3.75. The monoisotopic (exact) mass is 545 g/mol. The molecule has 194 valence electrons. The number of nitrogens with zero attached hydrogens (tertiary/aromatic N) is 2. The van der Waals surface area contributed by atoms with Gasteiger partial charge in [-0.2, -0.15) is 0 Å². The van der Waals surface area contributed by atoms with E-state index in [2.05, 4.69) is 5.32 Å². The fourth-order valence-corrected chi connectivity index (χ4v) is 5.86. The zero-order chi connectivity index (χ0) is 26.4. The summed E-state index contributed by atoms with van der Waals surface area (Å²) < 4.78 is 45.7. The summed E-state index contributed by atoms with van der Waals surface area (Å²) in [7, 11) is -4.26. The van der Waals surface area contributed by atoms with Gasteiger partial charge in [0.1, 0.15) is 0 Å². The first kappa shape index (κ1) is 26.3. The molecule has 0 saturated carbocycles. The van der Waals surface area contributed by atoms with Gasteiger partial charge in [0.15, 0.2) is 18.2 Å². The molecule has 0 bridgehead atoms. The van der Waals surface area contributed by atoms with Crippen molar-refractivity contribution in [3.63, 3.8) is 0 Å². The van der Waals surface area contributed by atoms with Gasteiger partial charge in [0.05, 0.1) is 9.77 Å². The number of ether oxygens (including phenoxy) is 1. The molecule has 2 heterocycles. The van der Waals surface area contributed by atoms with Gasteiger partial charge < -0.3 is 19.9 Å². The highest BCUT2D eigenvalue weighted by atomic mass is 32.2. The number of hydrogen-bond acceptors (Lipinski definition) is 7. The maximum Gasteiger partial charge on any atom is 0.262 e. The molecule has 3 aromatic rings. The first-order chi connectivity index (χ1) is 17.8. The van der Waals surface area contributed by atoms with Crippen molar-refractivity contribution in [2.45, 2.75) is 10.3 Å². The van der Waals surface area contributed by atoms with E-state index in [1.165, 1.54) is 58.3 Å². The lowest BCUT2D eigenvalue weighted by molar-refractivity contribution is -0.140. The zero-order valence-corrected chi connectivity index (χ0v) is 21.2. The van der Waals surface area contributed by atoms with Crippen molar-refractivity contribution >= 4 is 38.9 Å². The minimum absolute atomic E-state index is 0.0416. The maximum absolute atomic E-state index is 13.7. The molecule has 1 atom stereocenters. The second-order valence-corrected chi connectivity index (χ2v) is 11.1. The highest BCUT2D eigenvalue weighted by Gasteiger charge is 2.39. The predicted molar refractivity (Wildman–Crippen MR) is 134 cm³/mol. The van der Waals surface area contributed by atoms with Crippen LogP contribution in [-0.2, 0) is 19.4 Å². The number of sulfone groups is 1. The lowest BCUT2D eigenvalue weighted by Crippen LogP contribution is -2.58. The molecular weight excluding hydrogens is 521 g/mol. The van der Waals surface area contributed by atoms with Crippen LogP contribution in [-0.4, -0.2) is 74.1 Å². The molecule has 2 aromatic carbocycles. The Morgan fingerprint density at radius 2 is 1.57 bits per heavy atom. The summed E-state index contributed by atoms with van der Waals surface area (Å²) in [6.07, 6.45) is 0. The Morgan fingerprint density at radius 1 is 0.919 bits per heavy atom. The molecule has 3 amide bonds. The van der Waals surface area contributed by atoms with Crippen LogP contribution in [0.5, 0.6) is 5.75 Å². The van der Waals surface area contributed by atoms with Crippen molar-refractivity contribution < 1.29 is 31.9 Å². The Morgan fingerprint density at radius 3 is 2.22 bits per heavy atom. The van der Waals surface area contributed by atoms with Crippen molar-refractivity contribution in [2.75, 3.05) is 32.8 Å². The number of nitrogens with one attached hydrogen (secondary N) is 1. The van der Waals surface area contributed by atoms with Crippen molar-refractivity contribution in [1.82, 2.24) is 15.1 Å². The molecule has 9 nitrogen and oxygen atoms in total. The summed E-state index contributed by atoms with van der Waals surface area (Å²) >= 11 is 1.12. The van der Waals surface area contributed by atoms with E-state index >= 15 is 0 Å². The normalized spacial score (nSPS) is 14.6. The summed E-state index contributed by atoms with van der Waals surface area (Å²) in [6.45, 7) is -0.0129. The number of carbonyl (C=O) groups is 3. The number of thiophene rings is 1. The number of halogens is 1. The average molecular weight is 546 g/mol. The van der Waals surface area contributed by atoms with E-state index in [-0.39, 0.29) is 48.3 Å². The summed E-state index contributed by atoms with van der Waals surface area (Å²) in [6, 6.07) is 16.3. The average Bonchev–Trinajstić information content (AvgIpc) is 3.46. The molecule has 1 unspecified atom stereocenters. The summed E-state index contributed by atoms with van der Waals surface area (Å²) in [4.78, 5) is 41.6. The standard InChI is InChI=1S/C25H24FN3O6S2/c26-19-9-4-5-10-20(19)35-17-22(30)28-12-14-29(15-13-28)25(32)24(27-23(31)21-11-6-16-36-21)37(33,34)18-7-2-1-3-8-18/h1-11,16,24H,12-15,17H2,(H,27,31). The van der Waals surface area contributed by atoms with Crippen LogP contribution in [0, 0.1) is 5.82 Å². The van der Waals surface area contributed by atoms with Crippen LogP contribution in [0.25, 0.3) is 0 Å². The number of benzene rings is 2. The van der Waals surface area contributed by atoms with E-state index in [1.54, 1.807) is 23.6 Å². The molecule has 0 aliphatic carbocycles. The molecule has 0 spiro atoms. The summed E-state index contributed by atoms with van der Waals surface area (Å²) in [5.41, 5.74) is 0. The largest absolute Gasteiger partial charge is 0.481 e. The quantitative estimate of drug-likeness (QED) is 0.464. The second-order valence-electron chi connectivity index (χ2n) is 8.11. The lowest BCUT2D eigenvalue weighted by Gasteiger charge is -2.36.